The van der Waals surface area contributed by atoms with E-state index in [9.17, 15) is 4.39 Å². The Morgan fingerprint density at radius 2 is 2.00 bits per heavy atom. The summed E-state index contributed by atoms with van der Waals surface area (Å²) in [4.78, 5) is 4.81. The van der Waals surface area contributed by atoms with E-state index in [1.807, 2.05) is 6.07 Å². The van der Waals surface area contributed by atoms with Gasteiger partial charge in [0.05, 0.1) is 11.4 Å². The highest BCUT2D eigenvalue weighted by molar-refractivity contribution is 7.98. The second-order valence-electron chi connectivity index (χ2n) is 7.35. The molecule has 2 bridgehead atoms. The zero-order chi connectivity index (χ0) is 16.2. The van der Waals surface area contributed by atoms with Crippen molar-refractivity contribution in [1.29, 1.82) is 0 Å². The number of thioether (sulfide) groups is 1. The Labute approximate surface area is 140 Å². The van der Waals surface area contributed by atoms with Crippen LogP contribution in [0.2, 0.25) is 0 Å². The predicted octanol–water partition coefficient (Wildman–Crippen LogP) is 4.48. The standard InChI is InChI=1S/C18H20FN3S/c1-17(2)12-8-9-18(17,3)15-14(12)21-22-16(20-15)23-10-11-6-4-5-7-13(11)19/h4-7,12H,8-10H2,1-3H3. The lowest BCUT2D eigenvalue weighted by molar-refractivity contribution is 0.226. The number of halogens is 1. The van der Waals surface area contributed by atoms with E-state index in [1.54, 1.807) is 12.1 Å². The summed E-state index contributed by atoms with van der Waals surface area (Å²) in [5, 5.41) is 9.43. The Bertz CT molecular complexity index is 777. The molecule has 2 unspecified atom stereocenters. The first-order valence-electron chi connectivity index (χ1n) is 8.05. The molecule has 2 aliphatic rings. The Hall–Kier alpha value is -1.49. The van der Waals surface area contributed by atoms with Crippen molar-refractivity contribution in [2.45, 2.75) is 55.9 Å². The van der Waals surface area contributed by atoms with E-state index in [-0.39, 0.29) is 16.6 Å². The van der Waals surface area contributed by atoms with E-state index in [1.165, 1.54) is 24.2 Å². The molecule has 4 rings (SSSR count). The molecule has 0 spiro atoms. The molecule has 1 fully saturated rings. The molecular formula is C18H20FN3S. The molecule has 2 aromatic rings. The number of fused-ring (bicyclic) bond motifs is 5. The largest absolute Gasteiger partial charge is 0.224 e. The van der Waals surface area contributed by atoms with Crippen molar-refractivity contribution in [3.05, 3.63) is 47.0 Å². The number of hydrogen-bond acceptors (Lipinski definition) is 4. The first kappa shape index (κ1) is 15.1. The lowest BCUT2D eigenvalue weighted by Crippen LogP contribution is -2.32. The number of benzene rings is 1. The highest BCUT2D eigenvalue weighted by Crippen LogP contribution is 2.66. The van der Waals surface area contributed by atoms with E-state index in [2.05, 4.69) is 31.0 Å². The molecule has 0 radical (unpaired) electrons. The fourth-order valence-corrected chi connectivity index (χ4v) is 4.95. The van der Waals surface area contributed by atoms with Crippen LogP contribution in [0.5, 0.6) is 0 Å². The highest BCUT2D eigenvalue weighted by Gasteiger charge is 2.61. The van der Waals surface area contributed by atoms with Gasteiger partial charge in [-0.2, -0.15) is 5.10 Å². The third-order valence-electron chi connectivity index (χ3n) is 6.09. The third kappa shape index (κ3) is 2.05. The number of hydrogen-bond donors (Lipinski definition) is 0. The predicted molar refractivity (Wildman–Crippen MR) is 88.9 cm³/mol. The number of aromatic nitrogens is 3. The summed E-state index contributed by atoms with van der Waals surface area (Å²) in [7, 11) is 0. The van der Waals surface area contributed by atoms with Gasteiger partial charge in [-0.25, -0.2) is 9.37 Å². The summed E-state index contributed by atoms with van der Waals surface area (Å²) in [6.07, 6.45) is 2.34. The smallest absolute Gasteiger partial charge is 0.209 e. The summed E-state index contributed by atoms with van der Waals surface area (Å²) >= 11 is 1.46. The van der Waals surface area contributed by atoms with Gasteiger partial charge in [-0.15, -0.1) is 5.10 Å². The van der Waals surface area contributed by atoms with Crippen LogP contribution >= 0.6 is 11.8 Å². The highest BCUT2D eigenvalue weighted by atomic mass is 32.2. The van der Waals surface area contributed by atoms with E-state index in [0.717, 1.165) is 17.8 Å². The minimum atomic E-state index is -0.179. The summed E-state index contributed by atoms with van der Waals surface area (Å²) < 4.78 is 13.7. The van der Waals surface area contributed by atoms with Crippen molar-refractivity contribution < 1.29 is 4.39 Å². The quantitative estimate of drug-likeness (QED) is 0.778. The van der Waals surface area contributed by atoms with Crippen molar-refractivity contribution in [1.82, 2.24) is 15.2 Å². The monoisotopic (exact) mass is 329 g/mol. The Morgan fingerprint density at radius 3 is 2.78 bits per heavy atom. The van der Waals surface area contributed by atoms with E-state index >= 15 is 0 Å². The van der Waals surface area contributed by atoms with Gasteiger partial charge >= 0.3 is 0 Å². The summed E-state index contributed by atoms with van der Waals surface area (Å²) in [6, 6.07) is 6.84. The van der Waals surface area contributed by atoms with Crippen molar-refractivity contribution >= 4 is 11.8 Å². The molecule has 1 aromatic heterocycles. The van der Waals surface area contributed by atoms with Crippen LogP contribution in [0.1, 0.15) is 56.5 Å². The Morgan fingerprint density at radius 1 is 1.22 bits per heavy atom. The van der Waals surface area contributed by atoms with Gasteiger partial charge in [0.1, 0.15) is 5.82 Å². The SMILES string of the molecule is CC12CCC(c3nnc(SCc4ccccc4F)nc31)C2(C)C. The van der Waals surface area contributed by atoms with Gasteiger partial charge in [0.2, 0.25) is 5.16 Å². The first-order valence-corrected chi connectivity index (χ1v) is 9.03. The van der Waals surface area contributed by atoms with E-state index < -0.39 is 0 Å². The molecule has 2 atom stereocenters. The molecule has 23 heavy (non-hydrogen) atoms. The lowest BCUT2D eigenvalue weighted by Gasteiger charge is -2.33. The van der Waals surface area contributed by atoms with Crippen molar-refractivity contribution in [3.63, 3.8) is 0 Å². The van der Waals surface area contributed by atoms with Crippen molar-refractivity contribution in [2.24, 2.45) is 5.41 Å². The second kappa shape index (κ2) is 5.00. The van der Waals surface area contributed by atoms with Gasteiger partial charge in [0.25, 0.3) is 0 Å². The van der Waals surface area contributed by atoms with Gasteiger partial charge in [-0.3, -0.25) is 0 Å². The van der Waals surface area contributed by atoms with Crippen LogP contribution in [0.3, 0.4) is 0 Å². The van der Waals surface area contributed by atoms with Gasteiger partial charge < -0.3 is 0 Å². The van der Waals surface area contributed by atoms with Crippen LogP contribution in [-0.2, 0) is 11.2 Å². The molecule has 1 aromatic carbocycles. The van der Waals surface area contributed by atoms with Gasteiger partial charge in [0.15, 0.2) is 0 Å². The summed E-state index contributed by atoms with van der Waals surface area (Å²) in [5.41, 5.74) is 3.14. The number of rotatable bonds is 3. The topological polar surface area (TPSA) is 38.7 Å². The second-order valence-corrected chi connectivity index (χ2v) is 8.30. The Balaban J connectivity index is 1.62. The molecular weight excluding hydrogens is 309 g/mol. The zero-order valence-electron chi connectivity index (χ0n) is 13.6. The molecule has 0 N–H and O–H groups in total. The minimum Gasteiger partial charge on any atom is -0.224 e. The molecule has 3 nitrogen and oxygen atoms in total. The van der Waals surface area contributed by atoms with Crippen LogP contribution in [0.4, 0.5) is 4.39 Å². The Kier molecular flexibility index (Phi) is 3.28. The van der Waals surface area contributed by atoms with Gasteiger partial charge in [0, 0.05) is 17.1 Å². The minimum absolute atomic E-state index is 0.0796. The average Bonchev–Trinajstić information content (AvgIpc) is 2.86. The fourth-order valence-electron chi connectivity index (χ4n) is 4.18. The maximum absolute atomic E-state index is 13.7. The van der Waals surface area contributed by atoms with Gasteiger partial charge in [-0.05, 0) is 29.9 Å². The summed E-state index contributed by atoms with van der Waals surface area (Å²) in [5.74, 6) is 0.811. The van der Waals surface area contributed by atoms with Crippen LogP contribution in [0.25, 0.3) is 0 Å². The molecule has 1 saturated carbocycles. The maximum atomic E-state index is 13.7. The van der Waals surface area contributed by atoms with Crippen LogP contribution in [0.15, 0.2) is 29.4 Å². The normalized spacial score (nSPS) is 27.2. The average molecular weight is 329 g/mol. The molecule has 1 heterocycles. The maximum Gasteiger partial charge on any atom is 0.209 e. The first-order chi connectivity index (χ1) is 10.9. The van der Waals surface area contributed by atoms with E-state index in [4.69, 9.17) is 4.98 Å². The lowest BCUT2D eigenvalue weighted by atomic mass is 9.70. The van der Waals surface area contributed by atoms with Gasteiger partial charge in [-0.1, -0.05) is 50.7 Å². The molecule has 0 aliphatic heterocycles. The van der Waals surface area contributed by atoms with E-state index in [0.29, 0.717) is 22.4 Å². The third-order valence-corrected chi connectivity index (χ3v) is 6.97. The van der Waals surface area contributed by atoms with Crippen LogP contribution in [-0.4, -0.2) is 15.2 Å². The summed E-state index contributed by atoms with van der Waals surface area (Å²) in [6.45, 7) is 6.94. The molecule has 0 saturated heterocycles. The molecule has 120 valence electrons. The van der Waals surface area contributed by atoms with Crippen LogP contribution < -0.4 is 0 Å². The molecule has 0 amide bonds. The van der Waals surface area contributed by atoms with Crippen molar-refractivity contribution in [3.8, 4) is 0 Å². The molecule has 5 heteroatoms. The zero-order valence-corrected chi connectivity index (χ0v) is 14.5. The number of nitrogens with zero attached hydrogens (tertiary/aromatic N) is 3. The fraction of sp³-hybridized carbons (Fsp3) is 0.500. The molecule has 2 aliphatic carbocycles. The van der Waals surface area contributed by atoms with Crippen LogP contribution in [0, 0.1) is 11.2 Å². The van der Waals surface area contributed by atoms with Crippen molar-refractivity contribution in [2.75, 3.05) is 0 Å².